The van der Waals surface area contributed by atoms with E-state index in [1.165, 1.54) is 0 Å². The highest BCUT2D eigenvalue weighted by Crippen LogP contribution is 2.51. The predicted octanol–water partition coefficient (Wildman–Crippen LogP) is 3.10. The van der Waals surface area contributed by atoms with Crippen molar-refractivity contribution < 1.29 is 18.4 Å². The first-order chi connectivity index (χ1) is 13.5. The lowest BCUT2D eigenvalue weighted by molar-refractivity contribution is 0.352. The molecule has 2 atom stereocenters. The van der Waals surface area contributed by atoms with Gasteiger partial charge in [0.1, 0.15) is 17.3 Å². The van der Waals surface area contributed by atoms with Gasteiger partial charge in [-0.25, -0.2) is 4.21 Å². The second kappa shape index (κ2) is 6.92. The molecular formula is C18H15BrN4O4S. The van der Waals surface area contributed by atoms with Gasteiger partial charge in [-0.05, 0) is 39.7 Å². The molecule has 4 N–H and O–H groups in total. The van der Waals surface area contributed by atoms with Gasteiger partial charge in [-0.3, -0.25) is 9.44 Å². The molecule has 2 unspecified atom stereocenters. The number of ether oxygens (including phenoxy) is 3. The fourth-order valence-electron chi connectivity index (χ4n) is 3.37. The monoisotopic (exact) mass is 462 g/mol. The number of halogens is 1. The maximum atomic E-state index is 11.8. The lowest BCUT2D eigenvalue weighted by atomic mass is 9.83. The Kier molecular flexibility index (Phi) is 4.56. The van der Waals surface area contributed by atoms with Crippen molar-refractivity contribution in [1.82, 2.24) is 0 Å². The standard InChI is InChI=1S/C18H15BrN4O4S/c1-25-13-6-8(5-11(19)17(13)26-2)14-9-3-4-12-15(23-28(24)22-12)16(9)27-18(21)10(14)7-20/h3-6,14,22-23H,21H2,1-2H3. The van der Waals surface area contributed by atoms with Gasteiger partial charge in [-0.1, -0.05) is 6.07 Å². The second-order valence-corrected chi connectivity index (χ2v) is 7.84. The fourth-order valence-corrected chi connectivity index (χ4v) is 4.80. The largest absolute Gasteiger partial charge is 0.493 e. The molecular weight excluding hydrogens is 448 g/mol. The summed E-state index contributed by atoms with van der Waals surface area (Å²) < 4.78 is 34.7. The van der Waals surface area contributed by atoms with E-state index in [1.807, 2.05) is 12.1 Å². The molecule has 0 saturated carbocycles. The maximum absolute atomic E-state index is 11.8. The molecule has 2 aliphatic rings. The van der Waals surface area contributed by atoms with E-state index in [9.17, 15) is 9.47 Å². The number of anilines is 2. The molecule has 144 valence electrons. The average molecular weight is 463 g/mol. The highest BCUT2D eigenvalue weighted by atomic mass is 79.9. The molecule has 0 spiro atoms. The summed E-state index contributed by atoms with van der Waals surface area (Å²) in [4.78, 5) is 0. The highest BCUT2D eigenvalue weighted by molar-refractivity contribution is 9.10. The van der Waals surface area contributed by atoms with Gasteiger partial charge < -0.3 is 19.9 Å². The number of nitriles is 1. The van der Waals surface area contributed by atoms with E-state index < -0.39 is 17.1 Å². The first-order valence-electron chi connectivity index (χ1n) is 8.09. The van der Waals surface area contributed by atoms with Crippen LogP contribution < -0.4 is 29.4 Å². The number of nitrogens with zero attached hydrogens (tertiary/aromatic N) is 1. The SMILES string of the molecule is COc1cc(C2C(C#N)=C(N)Oc3c2ccc2c3NS(=O)N2)cc(Br)c1OC. The zero-order chi connectivity index (χ0) is 20.0. The van der Waals surface area contributed by atoms with E-state index in [2.05, 4.69) is 31.4 Å². The quantitative estimate of drug-likeness (QED) is 0.644. The fraction of sp³-hybridized carbons (Fsp3) is 0.167. The molecule has 0 bridgehead atoms. The highest BCUT2D eigenvalue weighted by Gasteiger charge is 2.35. The van der Waals surface area contributed by atoms with Gasteiger partial charge in [0.2, 0.25) is 17.1 Å². The zero-order valence-corrected chi connectivity index (χ0v) is 17.2. The van der Waals surface area contributed by atoms with Gasteiger partial charge in [0.15, 0.2) is 17.2 Å². The van der Waals surface area contributed by atoms with Crippen LogP contribution in [-0.4, -0.2) is 18.4 Å². The van der Waals surface area contributed by atoms with Gasteiger partial charge in [0.05, 0.1) is 30.3 Å². The van der Waals surface area contributed by atoms with Crippen LogP contribution in [0, 0.1) is 11.3 Å². The van der Waals surface area contributed by atoms with Crippen LogP contribution >= 0.6 is 15.9 Å². The van der Waals surface area contributed by atoms with Crippen molar-refractivity contribution in [3.8, 4) is 23.3 Å². The lowest BCUT2D eigenvalue weighted by Gasteiger charge is -2.28. The van der Waals surface area contributed by atoms with Gasteiger partial charge in [-0.2, -0.15) is 5.26 Å². The van der Waals surface area contributed by atoms with Crippen molar-refractivity contribution in [2.45, 2.75) is 5.92 Å². The second-order valence-electron chi connectivity index (χ2n) is 6.04. The van der Waals surface area contributed by atoms with Gasteiger partial charge >= 0.3 is 0 Å². The molecule has 4 rings (SSSR count). The van der Waals surface area contributed by atoms with Crippen LogP contribution in [0.15, 0.2) is 40.2 Å². The number of fused-ring (bicyclic) bond motifs is 3. The third kappa shape index (κ3) is 2.75. The number of allylic oxidation sites excluding steroid dienone is 1. The molecule has 2 aromatic carbocycles. The summed E-state index contributed by atoms with van der Waals surface area (Å²) in [6.07, 6.45) is 0. The van der Waals surface area contributed by atoms with Crippen LogP contribution in [0.5, 0.6) is 17.2 Å². The average Bonchev–Trinajstić information content (AvgIpc) is 3.07. The van der Waals surface area contributed by atoms with E-state index in [1.54, 1.807) is 26.4 Å². The van der Waals surface area contributed by atoms with Crippen molar-refractivity contribution in [2.75, 3.05) is 23.7 Å². The Hall–Kier alpha value is -2.90. The van der Waals surface area contributed by atoms with Crippen molar-refractivity contribution in [2.24, 2.45) is 5.73 Å². The third-order valence-electron chi connectivity index (χ3n) is 4.57. The number of nitrogens with one attached hydrogen (secondary N) is 2. The minimum Gasteiger partial charge on any atom is -0.493 e. The summed E-state index contributed by atoms with van der Waals surface area (Å²) in [5, 5.41) is 9.74. The Morgan fingerprint density at radius 2 is 2.07 bits per heavy atom. The van der Waals surface area contributed by atoms with E-state index in [0.717, 1.165) is 11.1 Å². The molecule has 10 heteroatoms. The van der Waals surface area contributed by atoms with E-state index >= 15 is 0 Å². The molecule has 2 aliphatic heterocycles. The topological polar surface area (TPSA) is 119 Å². The van der Waals surface area contributed by atoms with Crippen LogP contribution in [0.25, 0.3) is 0 Å². The smallest absolute Gasteiger partial charge is 0.220 e. The Bertz CT molecular complexity index is 1100. The molecule has 2 aromatic rings. The molecule has 0 aliphatic carbocycles. The van der Waals surface area contributed by atoms with Gasteiger partial charge in [0, 0.05) is 5.56 Å². The first-order valence-corrected chi connectivity index (χ1v) is 10.0. The first kappa shape index (κ1) is 18.5. The Labute approximate surface area is 172 Å². The van der Waals surface area contributed by atoms with E-state index in [-0.39, 0.29) is 11.5 Å². The summed E-state index contributed by atoms with van der Waals surface area (Å²) in [5.41, 5.74) is 9.01. The lowest BCUT2D eigenvalue weighted by Crippen LogP contribution is -2.21. The summed E-state index contributed by atoms with van der Waals surface area (Å²) in [7, 11) is 3.09. The van der Waals surface area contributed by atoms with E-state index in [4.69, 9.17) is 19.9 Å². The predicted molar refractivity (Wildman–Crippen MR) is 108 cm³/mol. The number of benzene rings is 2. The Morgan fingerprint density at radius 1 is 1.29 bits per heavy atom. The molecule has 8 nitrogen and oxygen atoms in total. The molecule has 0 saturated heterocycles. The van der Waals surface area contributed by atoms with Gasteiger partial charge in [0.25, 0.3) is 0 Å². The normalized spacial score (nSPS) is 19.5. The number of rotatable bonds is 3. The molecule has 0 amide bonds. The molecule has 0 radical (unpaired) electrons. The molecule has 28 heavy (non-hydrogen) atoms. The van der Waals surface area contributed by atoms with Crippen LogP contribution in [0.2, 0.25) is 0 Å². The molecule has 2 heterocycles. The van der Waals surface area contributed by atoms with Crippen LogP contribution in [0.1, 0.15) is 17.0 Å². The number of hydrogen-bond acceptors (Lipinski definition) is 6. The van der Waals surface area contributed by atoms with Crippen LogP contribution in [0.3, 0.4) is 0 Å². The van der Waals surface area contributed by atoms with Crippen molar-refractivity contribution in [3.05, 3.63) is 51.3 Å². The Morgan fingerprint density at radius 3 is 2.75 bits per heavy atom. The third-order valence-corrected chi connectivity index (χ3v) is 5.96. The molecule has 0 fully saturated rings. The maximum Gasteiger partial charge on any atom is 0.220 e. The number of methoxy groups -OCH3 is 2. The minimum atomic E-state index is -1.45. The number of hydrogen-bond donors (Lipinski definition) is 3. The van der Waals surface area contributed by atoms with Crippen LogP contribution in [-0.2, 0) is 11.2 Å². The summed E-state index contributed by atoms with van der Waals surface area (Å²) in [6, 6.07) is 9.41. The molecule has 0 aromatic heterocycles. The van der Waals surface area contributed by atoms with Crippen molar-refractivity contribution >= 4 is 38.5 Å². The minimum absolute atomic E-state index is 0.00112. The van der Waals surface area contributed by atoms with Crippen LogP contribution in [0.4, 0.5) is 11.4 Å². The number of nitrogens with two attached hydrogens (primary N) is 1. The summed E-state index contributed by atoms with van der Waals surface area (Å²) >= 11 is 2.04. The van der Waals surface area contributed by atoms with Gasteiger partial charge in [-0.15, -0.1) is 0 Å². The summed E-state index contributed by atoms with van der Waals surface area (Å²) in [6.45, 7) is 0. The van der Waals surface area contributed by atoms with E-state index in [0.29, 0.717) is 33.1 Å². The Balaban J connectivity index is 1.95. The van der Waals surface area contributed by atoms with Crippen molar-refractivity contribution in [3.63, 3.8) is 0 Å². The zero-order valence-electron chi connectivity index (χ0n) is 14.8. The summed E-state index contributed by atoms with van der Waals surface area (Å²) in [5.74, 6) is 0.995. The van der Waals surface area contributed by atoms with Crippen molar-refractivity contribution in [1.29, 1.82) is 5.26 Å².